The quantitative estimate of drug-likeness (QED) is 0.0340. The molecule has 0 fully saturated rings. The van der Waals surface area contributed by atoms with E-state index in [-0.39, 0.29) is 32.5 Å². The molecule has 2 unspecified atom stereocenters. The molecule has 4 N–H and O–H groups in total. The van der Waals surface area contributed by atoms with Gasteiger partial charge in [0.2, 0.25) is 12.1 Å². The summed E-state index contributed by atoms with van der Waals surface area (Å²) in [5.41, 5.74) is 5.32. The summed E-state index contributed by atoms with van der Waals surface area (Å²) in [5, 5.41) is 27.9. The predicted molar refractivity (Wildman–Crippen MR) is 261 cm³/mol. The van der Waals surface area contributed by atoms with Crippen molar-refractivity contribution in [3.63, 3.8) is 0 Å². The van der Waals surface area contributed by atoms with Gasteiger partial charge in [0.1, 0.15) is 0 Å². The highest BCUT2D eigenvalue weighted by atomic mass is 35.5. The van der Waals surface area contributed by atoms with E-state index in [0.717, 1.165) is 11.1 Å². The fourth-order valence-electron chi connectivity index (χ4n) is 6.65. The third-order valence-corrected chi connectivity index (χ3v) is 11.1. The molecule has 14 nitrogen and oxygen atoms in total. The van der Waals surface area contributed by atoms with Crippen LogP contribution in [0, 0.1) is 0 Å². The van der Waals surface area contributed by atoms with E-state index in [0.29, 0.717) is 71.3 Å². The van der Waals surface area contributed by atoms with E-state index >= 15 is 0 Å². The van der Waals surface area contributed by atoms with Gasteiger partial charge in [-0.3, -0.25) is 28.8 Å². The molecule has 0 aliphatic carbocycles. The largest absolute Gasteiger partial charge is 0.324 e. The lowest BCUT2D eigenvalue weighted by Gasteiger charge is -2.19. The Morgan fingerprint density at radius 1 is 0.530 bits per heavy atom. The zero-order chi connectivity index (χ0) is 47.9. The maximum absolute atomic E-state index is 13.7. The van der Waals surface area contributed by atoms with Gasteiger partial charge in [0.15, 0.2) is 11.6 Å². The smallest absolute Gasteiger partial charge is 0.258 e. The maximum atomic E-state index is 13.7. The van der Waals surface area contributed by atoms with E-state index in [9.17, 15) is 28.8 Å². The van der Waals surface area contributed by atoms with Gasteiger partial charge in [-0.05, 0) is 122 Å². The molecular formula is C48H46Cl4N8O6. The van der Waals surface area contributed by atoms with Crippen LogP contribution < -0.4 is 21.3 Å². The van der Waals surface area contributed by atoms with Crippen molar-refractivity contribution >= 4 is 116 Å². The Balaban J connectivity index is 1.30. The molecule has 5 aromatic carbocycles. The molecule has 0 saturated carbocycles. The summed E-state index contributed by atoms with van der Waals surface area (Å²) >= 11 is 24.6. The average molecular weight is 973 g/mol. The number of Topliss-reactive ketones (excluding diaryl/α,β-unsaturated/α-hetero) is 2. The highest BCUT2D eigenvalue weighted by Gasteiger charge is 2.27. The molecule has 0 spiro atoms. The molecule has 66 heavy (non-hydrogen) atoms. The summed E-state index contributed by atoms with van der Waals surface area (Å²) in [7, 11) is 0. The summed E-state index contributed by atoms with van der Waals surface area (Å²) < 4.78 is 0. The number of para-hydroxylation sites is 2. The number of azo groups is 2. The third-order valence-electron chi connectivity index (χ3n) is 10.1. The topological polar surface area (TPSA) is 200 Å². The number of nitrogens with one attached hydrogen (secondary N) is 4. The van der Waals surface area contributed by atoms with Crippen molar-refractivity contribution in [2.75, 3.05) is 33.0 Å². The average Bonchev–Trinajstić information content (AvgIpc) is 3.29. The van der Waals surface area contributed by atoms with Crippen LogP contribution in [-0.2, 0) is 44.9 Å². The van der Waals surface area contributed by atoms with Crippen LogP contribution in [0.15, 0.2) is 118 Å². The van der Waals surface area contributed by atoms with Crippen molar-refractivity contribution < 1.29 is 28.8 Å². The number of hydrogen-bond donors (Lipinski definition) is 4. The van der Waals surface area contributed by atoms with Crippen molar-refractivity contribution in [1.29, 1.82) is 0 Å². The lowest BCUT2D eigenvalue weighted by Crippen LogP contribution is -2.33. The molecule has 0 aromatic heterocycles. The zero-order valence-electron chi connectivity index (χ0n) is 36.4. The number of anilines is 4. The number of nitrogens with zero attached hydrogens (tertiary/aromatic N) is 4. The number of halogens is 4. The highest BCUT2D eigenvalue weighted by molar-refractivity contribution is 6.35. The molecule has 5 rings (SSSR count). The van der Waals surface area contributed by atoms with Crippen molar-refractivity contribution in [1.82, 2.24) is 0 Å². The first kappa shape index (κ1) is 50.7. The molecule has 4 amide bonds. The van der Waals surface area contributed by atoms with Crippen molar-refractivity contribution in [2.45, 2.75) is 65.5 Å². The molecule has 0 saturated heterocycles. The third kappa shape index (κ3) is 13.4. The number of alkyl halides is 2. The predicted octanol–water partition coefficient (Wildman–Crippen LogP) is 11.5. The van der Waals surface area contributed by atoms with Crippen LogP contribution in [0.1, 0.15) is 70.7 Å². The second kappa shape index (κ2) is 24.3. The van der Waals surface area contributed by atoms with Gasteiger partial charge in [0, 0.05) is 34.5 Å². The summed E-state index contributed by atoms with van der Waals surface area (Å²) in [6, 6.07) is 23.3. The number of aryl methyl sites for hydroxylation is 4. The van der Waals surface area contributed by atoms with Gasteiger partial charge >= 0.3 is 0 Å². The van der Waals surface area contributed by atoms with Gasteiger partial charge in [-0.1, -0.05) is 73.4 Å². The molecule has 0 bridgehead atoms. The molecule has 0 aliphatic heterocycles. The normalized spacial score (nSPS) is 12.1. The number of amides is 4. The number of benzene rings is 5. The van der Waals surface area contributed by atoms with Gasteiger partial charge in [-0.15, -0.1) is 23.2 Å². The number of rotatable bonds is 20. The Bertz CT molecular complexity index is 2680. The molecule has 0 radical (unpaired) electrons. The molecule has 342 valence electrons. The number of ketones is 2. The van der Waals surface area contributed by atoms with Crippen LogP contribution in [0.25, 0.3) is 0 Å². The Kier molecular flexibility index (Phi) is 18.6. The summed E-state index contributed by atoms with van der Waals surface area (Å²) in [6.45, 7) is 6.09. The van der Waals surface area contributed by atoms with E-state index in [4.69, 9.17) is 46.4 Å². The van der Waals surface area contributed by atoms with Crippen molar-refractivity contribution in [3.8, 4) is 0 Å². The first-order chi connectivity index (χ1) is 31.7. The van der Waals surface area contributed by atoms with Crippen LogP contribution in [0.4, 0.5) is 34.1 Å². The Hall–Kier alpha value is -6.32. The molecule has 5 aromatic rings. The Labute approximate surface area is 402 Å². The van der Waals surface area contributed by atoms with Crippen LogP contribution in [0.3, 0.4) is 0 Å². The van der Waals surface area contributed by atoms with Gasteiger partial charge in [0.25, 0.3) is 23.6 Å². The summed E-state index contributed by atoms with van der Waals surface area (Å²) in [4.78, 5) is 79.3. The fraction of sp³-hybridized carbons (Fsp3) is 0.250. The first-order valence-corrected chi connectivity index (χ1v) is 22.6. The van der Waals surface area contributed by atoms with Gasteiger partial charge in [-0.2, -0.15) is 20.5 Å². The van der Waals surface area contributed by atoms with Gasteiger partial charge in [0.05, 0.1) is 32.5 Å². The van der Waals surface area contributed by atoms with E-state index in [1.54, 1.807) is 36.4 Å². The van der Waals surface area contributed by atoms with Crippen LogP contribution in [-0.4, -0.2) is 59.0 Å². The van der Waals surface area contributed by atoms with Gasteiger partial charge in [-0.25, -0.2) is 0 Å². The summed E-state index contributed by atoms with van der Waals surface area (Å²) in [5.74, 6) is -3.00. The molecule has 18 heteroatoms. The molecule has 0 heterocycles. The highest BCUT2D eigenvalue weighted by Crippen LogP contribution is 2.30. The number of hydrogen-bond acceptors (Lipinski definition) is 10. The molecule has 0 aliphatic rings. The standard InChI is InChI=1S/C48H46Cl4N8O6/c1-5-29-23-35(53-47(65)42(27(3)61)59-57-33-15-17-38(51)36(25-33)45(63)54-40-13-9-7-11-31(40)19-21-49)24-30(6-2)44(29)56-48(66)43(28(4)62)60-58-34-16-18-39(52)37(26-34)46(64)55-41-14-10-8-12-32(41)20-22-50/h7-18,23-26,42-43H,5-6,19-22H2,1-4H3,(H,53,65)(H,54,63)(H,55,64)(H,56,66). The lowest BCUT2D eigenvalue weighted by molar-refractivity contribution is -0.127. The second-order valence-corrected chi connectivity index (χ2v) is 16.3. The van der Waals surface area contributed by atoms with E-state index < -0.39 is 47.3 Å². The fourth-order valence-corrected chi connectivity index (χ4v) is 7.46. The van der Waals surface area contributed by atoms with E-state index in [1.807, 2.05) is 38.1 Å². The SMILES string of the molecule is CCc1cc(NC(=O)C(N=Nc2ccc(Cl)c(C(=O)Nc3ccccc3CCCl)c2)C(C)=O)cc(CC)c1NC(=O)C(N=Nc1ccc(Cl)c(C(=O)Nc2ccccc2CCCl)c1)C(C)=O. The minimum absolute atomic E-state index is 0.0972. The first-order valence-electron chi connectivity index (χ1n) is 20.8. The van der Waals surface area contributed by atoms with Crippen LogP contribution >= 0.6 is 46.4 Å². The minimum Gasteiger partial charge on any atom is -0.324 e. The maximum Gasteiger partial charge on any atom is 0.258 e. The minimum atomic E-state index is -1.56. The van der Waals surface area contributed by atoms with Crippen molar-refractivity contribution in [3.05, 3.63) is 140 Å². The molecular weight excluding hydrogens is 926 g/mol. The number of carbonyl (C=O) groups is 6. The lowest BCUT2D eigenvalue weighted by atomic mass is 10.0. The number of carbonyl (C=O) groups excluding carboxylic acids is 6. The van der Waals surface area contributed by atoms with E-state index in [1.165, 1.54) is 50.2 Å². The van der Waals surface area contributed by atoms with Crippen LogP contribution in [0.5, 0.6) is 0 Å². The van der Waals surface area contributed by atoms with Gasteiger partial charge < -0.3 is 21.3 Å². The second-order valence-electron chi connectivity index (χ2n) is 14.7. The monoisotopic (exact) mass is 970 g/mol. The molecule has 2 atom stereocenters. The van der Waals surface area contributed by atoms with E-state index in [2.05, 4.69) is 41.7 Å². The Morgan fingerprint density at radius 3 is 1.33 bits per heavy atom. The van der Waals surface area contributed by atoms with Crippen LogP contribution in [0.2, 0.25) is 10.0 Å². The van der Waals surface area contributed by atoms with Crippen molar-refractivity contribution in [2.24, 2.45) is 20.5 Å². The zero-order valence-corrected chi connectivity index (χ0v) is 39.4. The summed E-state index contributed by atoms with van der Waals surface area (Å²) in [6.07, 6.45) is 1.86. The Morgan fingerprint density at radius 2 is 0.939 bits per heavy atom.